The van der Waals surface area contributed by atoms with Gasteiger partial charge in [-0.15, -0.1) is 11.3 Å². The minimum absolute atomic E-state index is 0.0115. The number of nitrogens with one attached hydrogen (secondary N) is 1. The smallest absolute Gasteiger partial charge is 0.317 e. The molecule has 24 heavy (non-hydrogen) atoms. The van der Waals surface area contributed by atoms with Crippen molar-refractivity contribution in [3.63, 3.8) is 0 Å². The SMILES string of the molecule is Cc1csc(CCCNC(=O)N2CCC(Oc3cccnc3)C2)n1. The van der Waals surface area contributed by atoms with Gasteiger partial charge < -0.3 is 15.0 Å². The first-order valence-electron chi connectivity index (χ1n) is 8.21. The van der Waals surface area contributed by atoms with Crippen molar-refractivity contribution in [1.29, 1.82) is 0 Å². The molecule has 3 heterocycles. The second-order valence-corrected chi connectivity index (χ2v) is 6.82. The van der Waals surface area contributed by atoms with E-state index in [2.05, 4.69) is 20.7 Å². The molecular weight excluding hydrogens is 324 g/mol. The minimum atomic E-state index is -0.0115. The van der Waals surface area contributed by atoms with E-state index in [9.17, 15) is 4.79 Å². The Kier molecular flexibility index (Phi) is 5.63. The van der Waals surface area contributed by atoms with Crippen molar-refractivity contribution >= 4 is 17.4 Å². The van der Waals surface area contributed by atoms with Crippen molar-refractivity contribution in [3.05, 3.63) is 40.6 Å². The number of likely N-dealkylation sites (tertiary alicyclic amines) is 1. The highest BCUT2D eigenvalue weighted by molar-refractivity contribution is 7.09. The Hall–Kier alpha value is -2.15. The van der Waals surface area contributed by atoms with Crippen LogP contribution in [0.3, 0.4) is 0 Å². The number of carbonyl (C=O) groups excluding carboxylic acids is 1. The Morgan fingerprint density at radius 1 is 1.54 bits per heavy atom. The molecule has 0 bridgehead atoms. The molecule has 6 nitrogen and oxygen atoms in total. The quantitative estimate of drug-likeness (QED) is 0.817. The number of aryl methyl sites for hydroxylation is 2. The summed E-state index contributed by atoms with van der Waals surface area (Å²) in [7, 11) is 0. The normalized spacial score (nSPS) is 17.0. The molecule has 0 aliphatic carbocycles. The standard InChI is InChI=1S/C17H22N4O2S/c1-13-12-24-16(20-13)5-3-8-19-17(22)21-9-6-15(11-21)23-14-4-2-7-18-10-14/h2,4,7,10,12,15H,3,5-6,8-9,11H2,1H3,(H,19,22). The highest BCUT2D eigenvalue weighted by Gasteiger charge is 2.27. The van der Waals surface area contributed by atoms with Crippen LogP contribution in [0.25, 0.3) is 0 Å². The fourth-order valence-electron chi connectivity index (χ4n) is 2.68. The van der Waals surface area contributed by atoms with Crippen LogP contribution in [0.2, 0.25) is 0 Å². The molecule has 7 heteroatoms. The Morgan fingerprint density at radius 3 is 3.21 bits per heavy atom. The van der Waals surface area contributed by atoms with Gasteiger partial charge in [0.1, 0.15) is 11.9 Å². The highest BCUT2D eigenvalue weighted by Crippen LogP contribution is 2.17. The third-order valence-electron chi connectivity index (χ3n) is 3.88. The van der Waals surface area contributed by atoms with Crippen molar-refractivity contribution in [2.24, 2.45) is 0 Å². The van der Waals surface area contributed by atoms with Gasteiger partial charge in [-0.2, -0.15) is 0 Å². The summed E-state index contributed by atoms with van der Waals surface area (Å²) in [5.41, 5.74) is 1.07. The van der Waals surface area contributed by atoms with Crippen LogP contribution in [-0.2, 0) is 6.42 Å². The van der Waals surface area contributed by atoms with Crippen LogP contribution in [0.15, 0.2) is 29.9 Å². The lowest BCUT2D eigenvalue weighted by atomic mass is 10.3. The zero-order chi connectivity index (χ0) is 16.8. The number of thiazole rings is 1. The largest absolute Gasteiger partial charge is 0.487 e. The number of nitrogens with zero attached hydrogens (tertiary/aromatic N) is 3. The number of amides is 2. The zero-order valence-electron chi connectivity index (χ0n) is 13.8. The average Bonchev–Trinajstić information content (AvgIpc) is 3.21. The van der Waals surface area contributed by atoms with Crippen LogP contribution >= 0.6 is 11.3 Å². The maximum absolute atomic E-state index is 12.2. The number of pyridine rings is 1. The molecule has 1 aliphatic heterocycles. The van der Waals surface area contributed by atoms with Crippen LogP contribution in [0.4, 0.5) is 4.79 Å². The first-order chi connectivity index (χ1) is 11.7. The molecule has 0 spiro atoms. The van der Waals surface area contributed by atoms with Crippen LogP contribution in [0.1, 0.15) is 23.5 Å². The zero-order valence-corrected chi connectivity index (χ0v) is 14.6. The second kappa shape index (κ2) is 8.10. The van der Waals surface area contributed by atoms with Gasteiger partial charge in [-0.05, 0) is 25.5 Å². The molecule has 0 saturated carbocycles. The van der Waals surface area contributed by atoms with Crippen LogP contribution in [0.5, 0.6) is 5.75 Å². The molecule has 1 unspecified atom stereocenters. The average molecular weight is 346 g/mol. The molecule has 0 radical (unpaired) electrons. The van der Waals surface area contributed by atoms with Gasteiger partial charge in [-0.1, -0.05) is 0 Å². The van der Waals surface area contributed by atoms with Crippen molar-refractivity contribution in [2.45, 2.75) is 32.3 Å². The molecule has 2 aromatic heterocycles. The summed E-state index contributed by atoms with van der Waals surface area (Å²) in [6.45, 7) is 4.01. The van der Waals surface area contributed by atoms with Gasteiger partial charge in [0, 0.05) is 43.2 Å². The first-order valence-corrected chi connectivity index (χ1v) is 9.09. The maximum atomic E-state index is 12.2. The lowest BCUT2D eigenvalue weighted by Crippen LogP contribution is -2.39. The second-order valence-electron chi connectivity index (χ2n) is 5.88. The van der Waals surface area contributed by atoms with E-state index in [4.69, 9.17) is 4.74 Å². The number of hydrogen-bond acceptors (Lipinski definition) is 5. The lowest BCUT2D eigenvalue weighted by molar-refractivity contribution is 0.186. The van der Waals surface area contributed by atoms with Gasteiger partial charge in [0.2, 0.25) is 0 Å². The fraction of sp³-hybridized carbons (Fsp3) is 0.471. The van der Waals surface area contributed by atoms with Gasteiger partial charge in [0.05, 0.1) is 17.7 Å². The summed E-state index contributed by atoms with van der Waals surface area (Å²) in [6, 6.07) is 3.72. The van der Waals surface area contributed by atoms with Gasteiger partial charge >= 0.3 is 6.03 Å². The molecule has 3 rings (SSSR count). The number of urea groups is 1. The molecule has 1 saturated heterocycles. The fourth-order valence-corrected chi connectivity index (χ4v) is 3.50. The third-order valence-corrected chi connectivity index (χ3v) is 4.91. The molecule has 2 aromatic rings. The summed E-state index contributed by atoms with van der Waals surface area (Å²) in [4.78, 5) is 22.5. The van der Waals surface area contributed by atoms with Crippen molar-refractivity contribution in [1.82, 2.24) is 20.2 Å². The highest BCUT2D eigenvalue weighted by atomic mass is 32.1. The molecule has 2 amide bonds. The van der Waals surface area contributed by atoms with E-state index in [1.54, 1.807) is 23.7 Å². The van der Waals surface area contributed by atoms with Gasteiger partial charge in [-0.3, -0.25) is 4.98 Å². The molecular formula is C17H22N4O2S. The topological polar surface area (TPSA) is 67.4 Å². The number of carbonyl (C=O) groups is 1. The summed E-state index contributed by atoms with van der Waals surface area (Å²) < 4.78 is 5.85. The predicted molar refractivity (Wildman–Crippen MR) is 93.4 cm³/mol. The summed E-state index contributed by atoms with van der Waals surface area (Å²) in [5.74, 6) is 0.753. The summed E-state index contributed by atoms with van der Waals surface area (Å²) in [6.07, 6.45) is 6.12. The Morgan fingerprint density at radius 2 is 2.46 bits per heavy atom. The Labute approximate surface area is 145 Å². The van der Waals surface area contributed by atoms with Crippen LogP contribution in [0, 0.1) is 6.92 Å². The van der Waals surface area contributed by atoms with E-state index in [1.807, 2.05) is 24.0 Å². The van der Waals surface area contributed by atoms with Crippen molar-refractivity contribution < 1.29 is 9.53 Å². The van der Waals surface area contributed by atoms with E-state index in [0.717, 1.165) is 42.3 Å². The van der Waals surface area contributed by atoms with Crippen molar-refractivity contribution in [2.75, 3.05) is 19.6 Å². The summed E-state index contributed by atoms with van der Waals surface area (Å²) >= 11 is 1.68. The number of hydrogen-bond donors (Lipinski definition) is 1. The van der Waals surface area contributed by atoms with Gasteiger partial charge in [0.25, 0.3) is 0 Å². The van der Waals surface area contributed by atoms with Gasteiger partial charge in [-0.25, -0.2) is 9.78 Å². The van der Waals surface area contributed by atoms with E-state index in [-0.39, 0.29) is 12.1 Å². The van der Waals surface area contributed by atoms with Crippen LogP contribution in [-0.4, -0.2) is 46.6 Å². The number of ether oxygens (including phenoxy) is 1. The Bertz CT molecular complexity index is 662. The first kappa shape index (κ1) is 16.7. The van der Waals surface area contributed by atoms with E-state index in [0.29, 0.717) is 13.1 Å². The van der Waals surface area contributed by atoms with Gasteiger partial charge in [0.15, 0.2) is 0 Å². The molecule has 1 N–H and O–H groups in total. The Balaban J connectivity index is 1.35. The predicted octanol–water partition coefficient (Wildman–Crippen LogP) is 2.64. The van der Waals surface area contributed by atoms with Crippen molar-refractivity contribution in [3.8, 4) is 5.75 Å². The molecule has 1 fully saturated rings. The summed E-state index contributed by atoms with van der Waals surface area (Å²) in [5, 5.41) is 6.17. The minimum Gasteiger partial charge on any atom is -0.487 e. The number of aromatic nitrogens is 2. The van der Waals surface area contributed by atoms with E-state index < -0.39 is 0 Å². The van der Waals surface area contributed by atoms with E-state index >= 15 is 0 Å². The van der Waals surface area contributed by atoms with Crippen LogP contribution < -0.4 is 10.1 Å². The monoisotopic (exact) mass is 346 g/mol. The molecule has 1 aliphatic rings. The maximum Gasteiger partial charge on any atom is 0.317 e. The third kappa shape index (κ3) is 4.67. The molecule has 1 atom stereocenters. The molecule has 0 aromatic carbocycles. The lowest BCUT2D eigenvalue weighted by Gasteiger charge is -2.17. The van der Waals surface area contributed by atoms with E-state index in [1.165, 1.54) is 0 Å². The number of rotatable bonds is 6. The molecule has 128 valence electrons.